The second-order valence-electron chi connectivity index (χ2n) is 8.03. The summed E-state index contributed by atoms with van der Waals surface area (Å²) in [6.45, 7) is 4.82. The average Bonchev–Trinajstić information content (AvgIpc) is 3.36. The van der Waals surface area contributed by atoms with Crippen LogP contribution in [0.15, 0.2) is 42.5 Å². The number of aryl methyl sites for hydroxylation is 2. The fourth-order valence-corrected chi connectivity index (χ4v) is 4.33. The first-order chi connectivity index (χ1) is 14.4. The Morgan fingerprint density at radius 1 is 1.30 bits per heavy atom. The third-order valence-corrected chi connectivity index (χ3v) is 6.62. The fourth-order valence-electron chi connectivity index (χ4n) is 4.11. The summed E-state index contributed by atoms with van der Waals surface area (Å²) in [7, 11) is 1.87. The smallest absolute Gasteiger partial charge is 0.268 e. The topological polar surface area (TPSA) is 67.1 Å². The van der Waals surface area contributed by atoms with E-state index >= 15 is 0 Å². The summed E-state index contributed by atoms with van der Waals surface area (Å²) in [5.74, 6) is -0.337. The maximum absolute atomic E-state index is 13.3. The summed E-state index contributed by atoms with van der Waals surface area (Å²) in [6, 6.07) is 15.9. The lowest BCUT2D eigenvalue weighted by Crippen LogP contribution is -2.47. The Morgan fingerprint density at radius 3 is 2.67 bits per heavy atom. The first-order valence-corrected chi connectivity index (χ1v) is 10.4. The molecule has 3 aromatic rings. The first kappa shape index (κ1) is 20.5. The highest BCUT2D eigenvalue weighted by molar-refractivity contribution is 6.36. The lowest BCUT2D eigenvalue weighted by Gasteiger charge is -2.30. The number of nitrogens with one attached hydrogen (secondary N) is 1. The number of carbonyl (C=O) groups is 1. The van der Waals surface area contributed by atoms with Gasteiger partial charge in [0.25, 0.3) is 5.91 Å². The summed E-state index contributed by atoms with van der Waals surface area (Å²) in [5, 5.41) is 13.9. The van der Waals surface area contributed by atoms with Crippen LogP contribution >= 0.6 is 11.6 Å². The van der Waals surface area contributed by atoms with E-state index in [1.807, 2.05) is 67.9 Å². The van der Waals surface area contributed by atoms with Crippen LogP contribution < -0.4 is 5.32 Å². The van der Waals surface area contributed by atoms with E-state index in [1.165, 1.54) is 0 Å². The Bertz CT molecular complexity index is 1150. The molecule has 2 unspecified atom stereocenters. The van der Waals surface area contributed by atoms with Gasteiger partial charge in [-0.05, 0) is 42.7 Å². The molecule has 0 radical (unpaired) electrons. The largest absolute Gasteiger partial charge is 0.379 e. The zero-order valence-electron chi connectivity index (χ0n) is 17.3. The maximum atomic E-state index is 13.3. The van der Waals surface area contributed by atoms with Crippen molar-refractivity contribution in [2.75, 3.05) is 13.2 Å². The summed E-state index contributed by atoms with van der Waals surface area (Å²) in [6.07, 6.45) is 0.690. The highest BCUT2D eigenvalue weighted by Gasteiger charge is 2.39. The minimum atomic E-state index is -0.596. The van der Waals surface area contributed by atoms with E-state index in [-0.39, 0.29) is 11.8 Å². The van der Waals surface area contributed by atoms with E-state index in [4.69, 9.17) is 21.6 Å². The summed E-state index contributed by atoms with van der Waals surface area (Å²) in [4.78, 5) is 13.3. The van der Waals surface area contributed by atoms with Gasteiger partial charge in [-0.3, -0.25) is 4.79 Å². The van der Waals surface area contributed by atoms with Gasteiger partial charge in [-0.25, -0.2) is 0 Å². The number of amides is 1. The Kier molecular flexibility index (Phi) is 5.31. The summed E-state index contributed by atoms with van der Waals surface area (Å²) < 4.78 is 7.55. The van der Waals surface area contributed by atoms with E-state index in [9.17, 15) is 4.79 Å². The fraction of sp³-hybridized carbons (Fsp3) is 0.333. The zero-order valence-corrected chi connectivity index (χ0v) is 18.1. The standard InChI is InChI=1S/C24H24ClN3O2/c1-15-4-9-20-19(22(15)25)12-21(28(20)3)23(29)27-24(10-11-30-14-24)18-7-5-17(6-8-18)16(2)13-26/h4-9,12,16H,10-11,14H2,1-3H3,(H,27,29). The normalized spacial score (nSPS) is 19.6. The van der Waals surface area contributed by atoms with Gasteiger partial charge in [-0.2, -0.15) is 5.26 Å². The number of nitriles is 1. The molecule has 2 heterocycles. The minimum absolute atomic E-state index is 0.164. The van der Waals surface area contributed by atoms with Crippen molar-refractivity contribution in [3.8, 4) is 6.07 Å². The number of fused-ring (bicyclic) bond motifs is 1. The first-order valence-electron chi connectivity index (χ1n) is 10.0. The number of nitrogens with zero attached hydrogens (tertiary/aromatic N) is 2. The molecule has 30 heavy (non-hydrogen) atoms. The Hall–Kier alpha value is -2.81. The zero-order chi connectivity index (χ0) is 21.5. The lowest BCUT2D eigenvalue weighted by molar-refractivity contribution is 0.0868. The molecule has 0 spiro atoms. The van der Waals surface area contributed by atoms with Crippen molar-refractivity contribution < 1.29 is 9.53 Å². The van der Waals surface area contributed by atoms with Gasteiger partial charge >= 0.3 is 0 Å². The number of aromatic nitrogens is 1. The van der Waals surface area contributed by atoms with Crippen LogP contribution in [0.4, 0.5) is 0 Å². The van der Waals surface area contributed by atoms with Gasteiger partial charge in [0, 0.05) is 31.0 Å². The minimum Gasteiger partial charge on any atom is -0.379 e. The van der Waals surface area contributed by atoms with E-state index < -0.39 is 5.54 Å². The lowest BCUT2D eigenvalue weighted by atomic mass is 9.87. The molecule has 1 aliphatic heterocycles. The molecule has 1 amide bonds. The van der Waals surface area contributed by atoms with Crippen LogP contribution in [0.3, 0.4) is 0 Å². The van der Waals surface area contributed by atoms with Crippen molar-refractivity contribution in [3.05, 3.63) is 69.9 Å². The van der Waals surface area contributed by atoms with E-state index in [2.05, 4.69) is 11.4 Å². The predicted octanol–water partition coefficient (Wildman–Crippen LogP) is 4.81. The number of hydrogen-bond donors (Lipinski definition) is 1. The van der Waals surface area contributed by atoms with Crippen LogP contribution in [-0.4, -0.2) is 23.7 Å². The van der Waals surface area contributed by atoms with Gasteiger partial charge in [0.2, 0.25) is 0 Å². The molecule has 5 nitrogen and oxygen atoms in total. The molecular weight excluding hydrogens is 398 g/mol. The Balaban J connectivity index is 1.68. The van der Waals surface area contributed by atoms with Crippen molar-refractivity contribution in [2.45, 2.75) is 31.7 Å². The SMILES string of the molecule is Cc1ccc2c(cc(C(=O)NC3(c4ccc(C(C)C#N)cc4)CCOC3)n2C)c1Cl. The average molecular weight is 422 g/mol. The molecule has 4 rings (SSSR count). The second kappa shape index (κ2) is 7.79. The Morgan fingerprint density at radius 2 is 2.03 bits per heavy atom. The molecule has 1 saturated heterocycles. The van der Waals surface area contributed by atoms with Gasteiger partial charge in [0.15, 0.2) is 0 Å². The van der Waals surface area contributed by atoms with E-state index in [0.717, 1.165) is 27.6 Å². The maximum Gasteiger partial charge on any atom is 0.268 e. The van der Waals surface area contributed by atoms with Crippen LogP contribution in [0.25, 0.3) is 10.9 Å². The number of carbonyl (C=O) groups excluding carboxylic acids is 1. The molecule has 2 atom stereocenters. The molecule has 0 aliphatic carbocycles. The molecule has 2 aromatic carbocycles. The quantitative estimate of drug-likeness (QED) is 0.657. The van der Waals surface area contributed by atoms with Crippen LogP contribution in [0.1, 0.15) is 46.4 Å². The molecule has 1 aliphatic rings. The monoisotopic (exact) mass is 421 g/mol. The van der Waals surface area contributed by atoms with Gasteiger partial charge in [-0.15, -0.1) is 0 Å². The van der Waals surface area contributed by atoms with Crippen molar-refractivity contribution in [1.29, 1.82) is 5.26 Å². The molecule has 0 saturated carbocycles. The molecule has 6 heteroatoms. The van der Waals surface area contributed by atoms with E-state index in [1.54, 1.807) is 0 Å². The predicted molar refractivity (Wildman–Crippen MR) is 118 cm³/mol. The van der Waals surface area contributed by atoms with Crippen LogP contribution in [0, 0.1) is 18.3 Å². The molecule has 154 valence electrons. The van der Waals surface area contributed by atoms with Crippen molar-refractivity contribution >= 4 is 28.4 Å². The molecular formula is C24H24ClN3O2. The molecule has 1 fully saturated rings. The number of hydrogen-bond acceptors (Lipinski definition) is 3. The van der Waals surface area contributed by atoms with Crippen LogP contribution in [0.2, 0.25) is 5.02 Å². The highest BCUT2D eigenvalue weighted by atomic mass is 35.5. The third kappa shape index (κ3) is 3.36. The van der Waals surface area contributed by atoms with Gasteiger partial charge in [-0.1, -0.05) is 41.9 Å². The summed E-state index contributed by atoms with van der Waals surface area (Å²) in [5.41, 5.74) is 3.80. The number of halogens is 1. The summed E-state index contributed by atoms with van der Waals surface area (Å²) >= 11 is 6.47. The van der Waals surface area contributed by atoms with Gasteiger partial charge in [0.1, 0.15) is 5.69 Å². The number of benzene rings is 2. The van der Waals surface area contributed by atoms with Crippen molar-refractivity contribution in [2.24, 2.45) is 7.05 Å². The van der Waals surface area contributed by atoms with E-state index in [0.29, 0.717) is 30.4 Å². The third-order valence-electron chi connectivity index (χ3n) is 6.12. The van der Waals surface area contributed by atoms with Gasteiger partial charge < -0.3 is 14.6 Å². The second-order valence-corrected chi connectivity index (χ2v) is 8.41. The van der Waals surface area contributed by atoms with Gasteiger partial charge in [0.05, 0.1) is 29.2 Å². The highest BCUT2D eigenvalue weighted by Crippen LogP contribution is 2.33. The van der Waals surface area contributed by atoms with Crippen LogP contribution in [-0.2, 0) is 17.3 Å². The molecule has 1 aromatic heterocycles. The molecule has 0 bridgehead atoms. The number of rotatable bonds is 4. The Labute approximate surface area is 181 Å². The molecule has 1 N–H and O–H groups in total. The number of ether oxygens (including phenoxy) is 1. The van der Waals surface area contributed by atoms with Crippen molar-refractivity contribution in [3.63, 3.8) is 0 Å². The van der Waals surface area contributed by atoms with Crippen molar-refractivity contribution in [1.82, 2.24) is 9.88 Å². The van der Waals surface area contributed by atoms with Crippen LogP contribution in [0.5, 0.6) is 0 Å².